The summed E-state index contributed by atoms with van der Waals surface area (Å²) in [4.78, 5) is 34.0. The fourth-order valence-electron chi connectivity index (χ4n) is 2.09. The molecule has 3 amide bonds. The van der Waals surface area contributed by atoms with Gasteiger partial charge < -0.3 is 36.7 Å². The highest BCUT2D eigenvalue weighted by Crippen LogP contribution is 2.21. The fraction of sp³-hybridized carbons (Fsp3) is 0.643. The number of aliphatic hydroxyl groups is 1. The van der Waals surface area contributed by atoms with Crippen molar-refractivity contribution in [2.45, 2.75) is 44.8 Å². The number of aliphatic carboxylic acids is 1. The number of aliphatic hydroxyl groups excluding tert-OH is 1. The molecule has 0 fully saturated rings. The molecular formula is C14H24N6O6. The summed E-state index contributed by atoms with van der Waals surface area (Å²) in [5.74, 6) is -1.84. The average molecular weight is 372 g/mol. The zero-order valence-electron chi connectivity index (χ0n) is 14.5. The van der Waals surface area contributed by atoms with Crippen LogP contribution in [0, 0.1) is 5.92 Å². The second kappa shape index (κ2) is 9.68. The van der Waals surface area contributed by atoms with Crippen LogP contribution in [0.4, 0.5) is 4.79 Å². The van der Waals surface area contributed by atoms with Gasteiger partial charge in [-0.2, -0.15) is 0 Å². The van der Waals surface area contributed by atoms with Crippen LogP contribution in [0.25, 0.3) is 0 Å². The lowest BCUT2D eigenvalue weighted by atomic mass is 10.0. The Morgan fingerprint density at radius 1 is 1.19 bits per heavy atom. The third-order valence-corrected chi connectivity index (χ3v) is 3.29. The van der Waals surface area contributed by atoms with Crippen molar-refractivity contribution in [3.05, 3.63) is 11.8 Å². The number of rotatable bonds is 10. The largest absolute Gasteiger partial charge is 0.480 e. The molecule has 0 aliphatic rings. The first kappa shape index (κ1) is 21.3. The molecule has 0 aliphatic heterocycles. The molecule has 0 aromatic carbocycles. The van der Waals surface area contributed by atoms with Crippen molar-refractivity contribution in [1.82, 2.24) is 20.8 Å². The van der Waals surface area contributed by atoms with Gasteiger partial charge in [-0.15, -0.1) is 10.2 Å². The number of carboxylic acids is 1. The quantitative estimate of drug-likeness (QED) is 0.290. The van der Waals surface area contributed by atoms with Gasteiger partial charge in [-0.1, -0.05) is 13.8 Å². The van der Waals surface area contributed by atoms with E-state index in [0.717, 1.165) is 0 Å². The van der Waals surface area contributed by atoms with Crippen molar-refractivity contribution in [2.75, 3.05) is 6.61 Å². The van der Waals surface area contributed by atoms with Gasteiger partial charge in [-0.3, -0.25) is 4.79 Å². The molecule has 146 valence electrons. The van der Waals surface area contributed by atoms with E-state index < -0.39 is 42.6 Å². The number of hydrogen-bond acceptors (Lipinski definition) is 8. The van der Waals surface area contributed by atoms with Gasteiger partial charge in [0.25, 0.3) is 0 Å². The van der Waals surface area contributed by atoms with Crippen molar-refractivity contribution in [1.29, 1.82) is 0 Å². The van der Waals surface area contributed by atoms with Crippen LogP contribution in [-0.4, -0.2) is 51.0 Å². The summed E-state index contributed by atoms with van der Waals surface area (Å²) < 4.78 is 5.43. The zero-order chi connectivity index (χ0) is 19.9. The van der Waals surface area contributed by atoms with Crippen LogP contribution in [0.15, 0.2) is 4.42 Å². The predicted molar refractivity (Wildman–Crippen MR) is 87.4 cm³/mol. The Hall–Kier alpha value is -2.73. The second-order valence-electron chi connectivity index (χ2n) is 6.13. The number of amides is 3. The minimum absolute atomic E-state index is 0.0935. The molecule has 1 aromatic rings. The van der Waals surface area contributed by atoms with Crippen LogP contribution in [-0.2, 0) is 9.59 Å². The van der Waals surface area contributed by atoms with E-state index in [1.807, 2.05) is 19.2 Å². The van der Waals surface area contributed by atoms with Crippen molar-refractivity contribution in [3.63, 3.8) is 0 Å². The molecule has 1 aromatic heterocycles. The molecule has 12 heteroatoms. The molecule has 0 spiro atoms. The van der Waals surface area contributed by atoms with E-state index in [-0.39, 0.29) is 24.1 Å². The van der Waals surface area contributed by atoms with Gasteiger partial charge in [0.1, 0.15) is 6.04 Å². The predicted octanol–water partition coefficient (Wildman–Crippen LogP) is -1.22. The third-order valence-electron chi connectivity index (χ3n) is 3.29. The lowest BCUT2D eigenvalue weighted by Crippen LogP contribution is -2.49. The van der Waals surface area contributed by atoms with Gasteiger partial charge >= 0.3 is 12.0 Å². The minimum atomic E-state index is -1.51. The maximum Gasteiger partial charge on any atom is 0.328 e. The molecular weight excluding hydrogens is 348 g/mol. The number of primary amides is 1. The smallest absolute Gasteiger partial charge is 0.328 e. The van der Waals surface area contributed by atoms with Gasteiger partial charge in [-0.05, 0) is 12.3 Å². The molecule has 0 radical (unpaired) electrons. The molecule has 0 aliphatic carbocycles. The van der Waals surface area contributed by atoms with E-state index >= 15 is 0 Å². The highest BCUT2D eigenvalue weighted by molar-refractivity contribution is 5.83. The van der Waals surface area contributed by atoms with Crippen LogP contribution in [0.1, 0.15) is 50.6 Å². The molecule has 0 bridgehead atoms. The van der Waals surface area contributed by atoms with Gasteiger partial charge in [0.15, 0.2) is 6.04 Å². The van der Waals surface area contributed by atoms with Crippen molar-refractivity contribution in [2.24, 2.45) is 17.4 Å². The standard InChI is InChI=1S/C14H24N6O6/c1-6(2)3-7(15)11-19-20-12(26-11)8(4-10(16)22)17-14(25)18-9(5-21)13(23)24/h6-9,21H,3-5,15H2,1-2H3,(H2,16,22)(H,23,24)(H2,17,18,25)/t7-,8-,9-/m0/s1. The molecule has 0 unspecified atom stereocenters. The summed E-state index contributed by atoms with van der Waals surface area (Å²) >= 11 is 0. The molecule has 12 nitrogen and oxygen atoms in total. The summed E-state index contributed by atoms with van der Waals surface area (Å²) in [6.45, 7) is 3.13. The van der Waals surface area contributed by atoms with E-state index in [9.17, 15) is 14.4 Å². The normalized spacial score (nSPS) is 14.5. The monoisotopic (exact) mass is 372 g/mol. The first-order chi connectivity index (χ1) is 12.1. The summed E-state index contributed by atoms with van der Waals surface area (Å²) in [5.41, 5.74) is 11.1. The number of nitrogens with one attached hydrogen (secondary N) is 2. The van der Waals surface area contributed by atoms with Gasteiger partial charge in [0, 0.05) is 0 Å². The van der Waals surface area contributed by atoms with Crippen molar-refractivity contribution < 1.29 is 29.0 Å². The average Bonchev–Trinajstić information content (AvgIpc) is 3.00. The Labute approximate surface area is 149 Å². The van der Waals surface area contributed by atoms with Crippen LogP contribution >= 0.6 is 0 Å². The number of carbonyl (C=O) groups excluding carboxylic acids is 2. The van der Waals surface area contributed by atoms with E-state index in [4.69, 9.17) is 26.1 Å². The molecule has 1 heterocycles. The summed E-state index contributed by atoms with van der Waals surface area (Å²) in [6.07, 6.45) is 0.234. The fourth-order valence-corrected chi connectivity index (χ4v) is 2.09. The van der Waals surface area contributed by atoms with Crippen molar-refractivity contribution >= 4 is 17.9 Å². The Morgan fingerprint density at radius 3 is 2.31 bits per heavy atom. The van der Waals surface area contributed by atoms with Crippen molar-refractivity contribution in [3.8, 4) is 0 Å². The lowest BCUT2D eigenvalue weighted by Gasteiger charge is -2.17. The first-order valence-corrected chi connectivity index (χ1v) is 7.91. The van der Waals surface area contributed by atoms with Crippen LogP contribution < -0.4 is 22.1 Å². The molecule has 3 atom stereocenters. The Balaban J connectivity index is 2.87. The number of carbonyl (C=O) groups is 3. The van der Waals surface area contributed by atoms with Crippen LogP contribution in [0.3, 0.4) is 0 Å². The Morgan fingerprint density at radius 2 is 1.81 bits per heavy atom. The number of urea groups is 1. The number of nitrogens with zero attached hydrogens (tertiary/aromatic N) is 2. The minimum Gasteiger partial charge on any atom is -0.480 e. The first-order valence-electron chi connectivity index (χ1n) is 7.91. The number of hydrogen-bond donors (Lipinski definition) is 6. The Bertz CT molecular complexity index is 633. The van der Waals surface area contributed by atoms with E-state index in [0.29, 0.717) is 6.42 Å². The van der Waals surface area contributed by atoms with E-state index in [1.54, 1.807) is 0 Å². The summed E-state index contributed by atoms with van der Waals surface area (Å²) in [7, 11) is 0. The van der Waals surface area contributed by atoms with E-state index in [1.165, 1.54) is 0 Å². The topological polar surface area (TPSA) is 207 Å². The summed E-state index contributed by atoms with van der Waals surface area (Å²) in [5, 5.41) is 29.7. The molecule has 0 saturated carbocycles. The number of aromatic nitrogens is 2. The van der Waals surface area contributed by atoms with Gasteiger partial charge in [0.05, 0.1) is 19.1 Å². The second-order valence-corrected chi connectivity index (χ2v) is 6.13. The lowest BCUT2D eigenvalue weighted by molar-refractivity contribution is -0.140. The number of carboxylic acid groups (broad SMARTS) is 1. The third kappa shape index (κ3) is 6.64. The molecule has 8 N–H and O–H groups in total. The maximum absolute atomic E-state index is 11.9. The Kier molecular flexibility index (Phi) is 7.93. The zero-order valence-corrected chi connectivity index (χ0v) is 14.5. The number of nitrogens with two attached hydrogens (primary N) is 2. The molecule has 0 saturated heterocycles. The van der Waals surface area contributed by atoms with Gasteiger partial charge in [-0.25, -0.2) is 9.59 Å². The van der Waals surface area contributed by atoms with Crippen LogP contribution in [0.5, 0.6) is 0 Å². The maximum atomic E-state index is 11.9. The highest BCUT2D eigenvalue weighted by atomic mass is 16.4. The highest BCUT2D eigenvalue weighted by Gasteiger charge is 2.27. The molecule has 26 heavy (non-hydrogen) atoms. The summed E-state index contributed by atoms with van der Waals surface area (Å²) in [6, 6.07) is -4.05. The van der Waals surface area contributed by atoms with Gasteiger partial charge in [0.2, 0.25) is 17.7 Å². The van der Waals surface area contributed by atoms with E-state index in [2.05, 4.69) is 15.5 Å². The van der Waals surface area contributed by atoms with Crippen LogP contribution in [0.2, 0.25) is 0 Å². The molecule has 1 rings (SSSR count). The SMILES string of the molecule is CC(C)C[C@H](N)c1nnc([C@H](CC(N)=O)NC(=O)N[C@@H](CO)C(=O)O)o1.